The Balaban J connectivity index is 1.89. The van der Waals surface area contributed by atoms with Crippen molar-refractivity contribution in [3.05, 3.63) is 29.8 Å². The minimum atomic E-state index is -1.04. The molecule has 2 amide bonds. The number of aromatic carboxylic acids is 1. The van der Waals surface area contributed by atoms with E-state index >= 15 is 0 Å². The molecule has 20 heavy (non-hydrogen) atoms. The maximum Gasteiger partial charge on any atom is 0.335 e. The summed E-state index contributed by atoms with van der Waals surface area (Å²) in [6.45, 7) is 0. The summed E-state index contributed by atoms with van der Waals surface area (Å²) in [5.41, 5.74) is 0.553. The number of rotatable bonds is 3. The maximum atomic E-state index is 11.8. The van der Waals surface area contributed by atoms with Crippen LogP contribution in [-0.2, 0) is 10.8 Å². The van der Waals surface area contributed by atoms with Crippen LogP contribution < -0.4 is 10.6 Å². The third-order valence-corrected chi connectivity index (χ3v) is 4.47. The highest BCUT2D eigenvalue weighted by Gasteiger charge is 2.19. The van der Waals surface area contributed by atoms with E-state index in [-0.39, 0.29) is 17.6 Å². The fourth-order valence-corrected chi connectivity index (χ4v) is 3.32. The van der Waals surface area contributed by atoms with Gasteiger partial charge in [0.05, 0.1) is 5.56 Å². The van der Waals surface area contributed by atoms with Crippen LogP contribution in [0.3, 0.4) is 0 Å². The number of hydrogen-bond acceptors (Lipinski definition) is 3. The van der Waals surface area contributed by atoms with E-state index in [4.69, 9.17) is 5.11 Å². The zero-order valence-corrected chi connectivity index (χ0v) is 11.6. The molecular weight excluding hydrogens is 280 g/mol. The normalized spacial score (nSPS) is 22.0. The second kappa shape index (κ2) is 6.51. The molecule has 7 heteroatoms. The molecule has 1 saturated heterocycles. The number of carbonyl (C=O) groups is 2. The van der Waals surface area contributed by atoms with E-state index in [0.29, 0.717) is 30.0 Å². The van der Waals surface area contributed by atoms with Crippen molar-refractivity contribution in [3.8, 4) is 0 Å². The van der Waals surface area contributed by atoms with Gasteiger partial charge in [0.25, 0.3) is 0 Å². The molecule has 1 aromatic carbocycles. The minimum Gasteiger partial charge on any atom is -0.478 e. The first-order valence-corrected chi connectivity index (χ1v) is 7.79. The quantitative estimate of drug-likeness (QED) is 0.786. The van der Waals surface area contributed by atoms with E-state index in [0.717, 1.165) is 0 Å². The van der Waals surface area contributed by atoms with Crippen LogP contribution in [0.15, 0.2) is 24.3 Å². The highest BCUT2D eigenvalue weighted by Crippen LogP contribution is 2.12. The van der Waals surface area contributed by atoms with Crippen molar-refractivity contribution >= 4 is 28.5 Å². The Morgan fingerprint density at radius 1 is 1.25 bits per heavy atom. The maximum absolute atomic E-state index is 11.8. The molecule has 0 unspecified atom stereocenters. The second-order valence-corrected chi connectivity index (χ2v) is 6.30. The lowest BCUT2D eigenvalue weighted by atomic mass is 10.1. The summed E-state index contributed by atoms with van der Waals surface area (Å²) < 4.78 is 11.2. The van der Waals surface area contributed by atoms with Crippen molar-refractivity contribution in [2.75, 3.05) is 16.8 Å². The first kappa shape index (κ1) is 14.5. The average molecular weight is 296 g/mol. The summed E-state index contributed by atoms with van der Waals surface area (Å²) in [5.74, 6) is 0.183. The number of amides is 2. The third kappa shape index (κ3) is 4.06. The molecule has 0 atom stereocenters. The molecule has 108 valence electrons. The minimum absolute atomic E-state index is 0.0235. The van der Waals surface area contributed by atoms with Gasteiger partial charge < -0.3 is 15.7 Å². The zero-order valence-electron chi connectivity index (χ0n) is 10.8. The van der Waals surface area contributed by atoms with Crippen LogP contribution in [0.4, 0.5) is 10.5 Å². The number of carboxylic acid groups (broad SMARTS) is 1. The van der Waals surface area contributed by atoms with E-state index in [1.54, 1.807) is 12.1 Å². The number of hydrogen-bond donors (Lipinski definition) is 3. The third-order valence-electron chi connectivity index (χ3n) is 3.09. The summed E-state index contributed by atoms with van der Waals surface area (Å²) in [6, 6.07) is 5.71. The molecule has 2 rings (SSSR count). The Morgan fingerprint density at radius 3 is 2.60 bits per heavy atom. The molecule has 0 bridgehead atoms. The summed E-state index contributed by atoms with van der Waals surface area (Å²) in [4.78, 5) is 22.6. The summed E-state index contributed by atoms with van der Waals surface area (Å²) >= 11 is 0. The highest BCUT2D eigenvalue weighted by atomic mass is 32.2. The Morgan fingerprint density at radius 2 is 1.95 bits per heavy atom. The molecule has 0 spiro atoms. The van der Waals surface area contributed by atoms with E-state index in [1.165, 1.54) is 12.1 Å². The van der Waals surface area contributed by atoms with Crippen LogP contribution in [0.25, 0.3) is 0 Å². The second-order valence-electron chi connectivity index (χ2n) is 4.61. The van der Waals surface area contributed by atoms with Crippen molar-refractivity contribution in [1.82, 2.24) is 5.32 Å². The summed E-state index contributed by atoms with van der Waals surface area (Å²) in [6.07, 6.45) is 1.41. The van der Waals surface area contributed by atoms with Crippen LogP contribution in [-0.4, -0.2) is 38.9 Å². The molecular formula is C13H16N2O4S. The van der Waals surface area contributed by atoms with Crippen molar-refractivity contribution in [2.24, 2.45) is 0 Å². The van der Waals surface area contributed by atoms with E-state index in [9.17, 15) is 13.8 Å². The van der Waals surface area contributed by atoms with Crippen molar-refractivity contribution in [3.63, 3.8) is 0 Å². The lowest BCUT2D eigenvalue weighted by Gasteiger charge is -2.22. The van der Waals surface area contributed by atoms with Crippen LogP contribution >= 0.6 is 0 Å². The molecule has 6 nitrogen and oxygen atoms in total. The fourth-order valence-electron chi connectivity index (χ4n) is 2.02. The molecule has 0 aromatic heterocycles. The van der Waals surface area contributed by atoms with Crippen molar-refractivity contribution in [1.29, 1.82) is 0 Å². The summed E-state index contributed by atoms with van der Waals surface area (Å²) in [5, 5.41) is 14.3. The van der Waals surface area contributed by atoms with Crippen molar-refractivity contribution < 1.29 is 18.9 Å². The van der Waals surface area contributed by atoms with Gasteiger partial charge in [-0.05, 0) is 31.0 Å². The van der Waals surface area contributed by atoms with E-state index in [2.05, 4.69) is 10.6 Å². The van der Waals surface area contributed by atoms with Gasteiger partial charge in [0, 0.05) is 34.0 Å². The van der Waals surface area contributed by atoms with Crippen molar-refractivity contribution in [2.45, 2.75) is 18.9 Å². The molecule has 1 aliphatic heterocycles. The van der Waals surface area contributed by atoms with Gasteiger partial charge in [-0.2, -0.15) is 0 Å². The van der Waals surface area contributed by atoms with Crippen LogP contribution in [0.5, 0.6) is 0 Å². The number of benzene rings is 1. The molecule has 3 N–H and O–H groups in total. The molecule has 1 fully saturated rings. The molecule has 0 aliphatic carbocycles. The van der Waals surface area contributed by atoms with Gasteiger partial charge in [-0.3, -0.25) is 4.21 Å². The Labute approximate surface area is 119 Å². The van der Waals surface area contributed by atoms with Gasteiger partial charge in [-0.25, -0.2) is 9.59 Å². The molecule has 1 aromatic rings. The van der Waals surface area contributed by atoms with Gasteiger partial charge in [0.1, 0.15) is 0 Å². The fraction of sp³-hybridized carbons (Fsp3) is 0.385. The lowest BCUT2D eigenvalue weighted by molar-refractivity contribution is 0.0697. The van der Waals surface area contributed by atoms with Gasteiger partial charge in [0.2, 0.25) is 0 Å². The van der Waals surface area contributed by atoms with Crippen LogP contribution in [0.2, 0.25) is 0 Å². The number of carbonyl (C=O) groups excluding carboxylic acids is 1. The van der Waals surface area contributed by atoms with Gasteiger partial charge >= 0.3 is 12.0 Å². The molecule has 1 heterocycles. The molecule has 0 radical (unpaired) electrons. The van der Waals surface area contributed by atoms with Gasteiger partial charge in [-0.15, -0.1) is 0 Å². The van der Waals surface area contributed by atoms with E-state index in [1.807, 2.05) is 0 Å². The first-order valence-electron chi connectivity index (χ1n) is 6.30. The lowest BCUT2D eigenvalue weighted by Crippen LogP contribution is -2.41. The zero-order chi connectivity index (χ0) is 14.5. The Kier molecular flexibility index (Phi) is 4.73. The molecule has 0 saturated carbocycles. The predicted octanol–water partition coefficient (Wildman–Crippen LogP) is 1.42. The van der Waals surface area contributed by atoms with Gasteiger partial charge in [-0.1, -0.05) is 6.07 Å². The Hall–Kier alpha value is -1.89. The Bertz CT molecular complexity index is 537. The average Bonchev–Trinajstić information content (AvgIpc) is 2.41. The largest absolute Gasteiger partial charge is 0.478 e. The van der Waals surface area contributed by atoms with Crippen LogP contribution in [0.1, 0.15) is 23.2 Å². The SMILES string of the molecule is O=C(Nc1cccc(C(=O)O)c1)NC1CCS(=O)CC1. The van der Waals surface area contributed by atoms with Gasteiger partial charge in [0.15, 0.2) is 0 Å². The number of carboxylic acids is 1. The van der Waals surface area contributed by atoms with Crippen LogP contribution in [0, 0.1) is 0 Å². The first-order chi connectivity index (χ1) is 9.54. The monoisotopic (exact) mass is 296 g/mol. The number of urea groups is 1. The number of nitrogens with one attached hydrogen (secondary N) is 2. The molecule has 1 aliphatic rings. The topological polar surface area (TPSA) is 95.5 Å². The highest BCUT2D eigenvalue weighted by molar-refractivity contribution is 7.85. The smallest absolute Gasteiger partial charge is 0.335 e. The predicted molar refractivity (Wildman–Crippen MR) is 76.5 cm³/mol. The number of anilines is 1. The van der Waals surface area contributed by atoms with E-state index < -0.39 is 16.8 Å². The summed E-state index contributed by atoms with van der Waals surface area (Å²) in [7, 11) is -0.759. The standard InChI is InChI=1S/C13H16N2O4S/c16-12(17)9-2-1-3-11(8-9)15-13(18)14-10-4-6-20(19)7-5-10/h1-3,8,10H,4-7H2,(H,16,17)(H2,14,15,18).